The number of rotatable bonds is 3. The van der Waals surface area contributed by atoms with Crippen LogP contribution in [-0.4, -0.2) is 15.6 Å². The van der Waals surface area contributed by atoms with Crippen molar-refractivity contribution < 1.29 is 14.3 Å². The SMILES string of the molecule is CCC(C(=O)O)n1c(=O)oc(=O)c2ccsc21. The zero-order valence-electron chi connectivity index (χ0n) is 8.87. The van der Waals surface area contributed by atoms with Crippen molar-refractivity contribution in [3.8, 4) is 0 Å². The second kappa shape index (κ2) is 4.17. The molecule has 2 aromatic rings. The summed E-state index contributed by atoms with van der Waals surface area (Å²) >= 11 is 1.14. The summed E-state index contributed by atoms with van der Waals surface area (Å²) < 4.78 is 5.53. The highest BCUT2D eigenvalue weighted by Gasteiger charge is 2.23. The maximum Gasteiger partial charge on any atom is 0.423 e. The minimum Gasteiger partial charge on any atom is -0.480 e. The van der Waals surface area contributed by atoms with Crippen molar-refractivity contribution in [2.75, 3.05) is 0 Å². The van der Waals surface area contributed by atoms with Crippen LogP contribution in [0.3, 0.4) is 0 Å². The van der Waals surface area contributed by atoms with E-state index in [9.17, 15) is 14.4 Å². The second-order valence-corrected chi connectivity index (χ2v) is 4.32. The van der Waals surface area contributed by atoms with Gasteiger partial charge in [-0.15, -0.1) is 11.3 Å². The summed E-state index contributed by atoms with van der Waals surface area (Å²) in [7, 11) is 0. The summed E-state index contributed by atoms with van der Waals surface area (Å²) in [6.07, 6.45) is 0.232. The molecule has 0 aliphatic carbocycles. The van der Waals surface area contributed by atoms with Gasteiger partial charge in [0.05, 0.1) is 5.39 Å². The van der Waals surface area contributed by atoms with Crippen LogP contribution >= 0.6 is 11.3 Å². The first kappa shape index (κ1) is 11.6. The molecule has 2 aromatic heterocycles. The Labute approximate surface area is 98.7 Å². The first-order chi connectivity index (χ1) is 8.06. The highest BCUT2D eigenvalue weighted by Crippen LogP contribution is 2.21. The van der Waals surface area contributed by atoms with E-state index in [0.717, 1.165) is 15.9 Å². The Balaban J connectivity index is 2.85. The number of aliphatic carboxylic acids is 1. The first-order valence-electron chi connectivity index (χ1n) is 4.92. The number of carboxylic acids is 1. The molecule has 0 radical (unpaired) electrons. The second-order valence-electron chi connectivity index (χ2n) is 3.43. The summed E-state index contributed by atoms with van der Waals surface area (Å²) in [5.74, 6) is -2.06. The van der Waals surface area contributed by atoms with Gasteiger partial charge in [0, 0.05) is 0 Å². The van der Waals surface area contributed by atoms with Crippen LogP contribution in [0.1, 0.15) is 19.4 Å². The van der Waals surface area contributed by atoms with E-state index in [1.807, 2.05) is 0 Å². The van der Waals surface area contributed by atoms with Crippen LogP contribution in [0.2, 0.25) is 0 Å². The van der Waals surface area contributed by atoms with Gasteiger partial charge in [0.2, 0.25) is 0 Å². The van der Waals surface area contributed by atoms with Crippen molar-refractivity contribution in [2.24, 2.45) is 0 Å². The summed E-state index contributed by atoms with van der Waals surface area (Å²) in [5.41, 5.74) is -0.734. The zero-order valence-corrected chi connectivity index (χ0v) is 9.69. The van der Waals surface area contributed by atoms with Gasteiger partial charge in [0.15, 0.2) is 0 Å². The molecule has 0 spiro atoms. The Morgan fingerprint density at radius 1 is 1.59 bits per heavy atom. The van der Waals surface area contributed by atoms with Crippen molar-refractivity contribution in [3.05, 3.63) is 32.4 Å². The van der Waals surface area contributed by atoms with Crippen molar-refractivity contribution >= 4 is 27.5 Å². The van der Waals surface area contributed by atoms with Gasteiger partial charge in [-0.25, -0.2) is 14.4 Å². The highest BCUT2D eigenvalue weighted by atomic mass is 32.1. The van der Waals surface area contributed by atoms with Crippen LogP contribution < -0.4 is 11.4 Å². The molecule has 7 heteroatoms. The average Bonchev–Trinajstić information content (AvgIpc) is 2.72. The number of hydrogen-bond donors (Lipinski definition) is 1. The fraction of sp³-hybridized carbons (Fsp3) is 0.300. The van der Waals surface area contributed by atoms with Crippen molar-refractivity contribution in [2.45, 2.75) is 19.4 Å². The van der Waals surface area contributed by atoms with Crippen LogP contribution in [0.15, 0.2) is 25.5 Å². The topological polar surface area (TPSA) is 89.5 Å². The quantitative estimate of drug-likeness (QED) is 0.885. The monoisotopic (exact) mass is 255 g/mol. The third-order valence-corrected chi connectivity index (χ3v) is 3.36. The van der Waals surface area contributed by atoms with Gasteiger partial charge in [-0.1, -0.05) is 6.92 Å². The molecule has 0 aliphatic rings. The number of carbonyl (C=O) groups is 1. The van der Waals surface area contributed by atoms with E-state index in [4.69, 9.17) is 5.11 Å². The van der Waals surface area contributed by atoms with Gasteiger partial charge in [-0.2, -0.15) is 0 Å². The maximum absolute atomic E-state index is 11.6. The number of aromatic nitrogens is 1. The molecule has 2 heterocycles. The minimum absolute atomic E-state index is 0.231. The van der Waals surface area contributed by atoms with E-state index < -0.39 is 23.4 Å². The molecule has 1 N–H and O–H groups in total. The van der Waals surface area contributed by atoms with Gasteiger partial charge in [-0.05, 0) is 17.9 Å². The lowest BCUT2D eigenvalue weighted by Crippen LogP contribution is -2.31. The number of thiophene rings is 1. The van der Waals surface area contributed by atoms with E-state index in [2.05, 4.69) is 4.42 Å². The van der Waals surface area contributed by atoms with Crippen LogP contribution in [0.25, 0.3) is 10.2 Å². The molecule has 6 nitrogen and oxygen atoms in total. The zero-order chi connectivity index (χ0) is 12.6. The predicted octanol–water partition coefficient (Wildman–Crippen LogP) is 1.05. The standard InChI is InChI=1S/C10H9NO5S/c1-2-6(8(12)13)11-7-5(3-4-17-7)9(14)16-10(11)15/h3-4,6H,2H2,1H3,(H,12,13). The van der Waals surface area contributed by atoms with Crippen molar-refractivity contribution in [1.29, 1.82) is 0 Å². The van der Waals surface area contributed by atoms with Crippen molar-refractivity contribution in [1.82, 2.24) is 4.57 Å². The van der Waals surface area contributed by atoms with E-state index in [1.54, 1.807) is 12.3 Å². The summed E-state index contributed by atoms with van der Waals surface area (Å²) in [4.78, 5) is 34.4. The Morgan fingerprint density at radius 3 is 2.88 bits per heavy atom. The molecule has 0 saturated carbocycles. The summed E-state index contributed by atoms with van der Waals surface area (Å²) in [6.45, 7) is 1.65. The first-order valence-corrected chi connectivity index (χ1v) is 5.80. The highest BCUT2D eigenvalue weighted by molar-refractivity contribution is 7.16. The molecule has 17 heavy (non-hydrogen) atoms. The van der Waals surface area contributed by atoms with Gasteiger partial charge in [0.1, 0.15) is 10.9 Å². The number of nitrogens with zero attached hydrogens (tertiary/aromatic N) is 1. The molecule has 1 atom stereocenters. The molecule has 0 aliphatic heterocycles. The third-order valence-electron chi connectivity index (χ3n) is 2.44. The lowest BCUT2D eigenvalue weighted by atomic mass is 10.2. The smallest absolute Gasteiger partial charge is 0.423 e. The molecule has 0 saturated heterocycles. The third kappa shape index (κ3) is 1.78. The Hall–Kier alpha value is -1.89. The Morgan fingerprint density at radius 2 is 2.29 bits per heavy atom. The molecule has 90 valence electrons. The largest absolute Gasteiger partial charge is 0.480 e. The molecule has 0 fully saturated rings. The van der Waals surface area contributed by atoms with Gasteiger partial charge < -0.3 is 9.52 Å². The number of hydrogen-bond acceptors (Lipinski definition) is 5. The average molecular weight is 255 g/mol. The molecule has 0 amide bonds. The van der Waals surface area contributed by atoms with Crippen molar-refractivity contribution in [3.63, 3.8) is 0 Å². The van der Waals surface area contributed by atoms with E-state index >= 15 is 0 Å². The molecule has 0 aromatic carbocycles. The fourth-order valence-electron chi connectivity index (χ4n) is 1.65. The lowest BCUT2D eigenvalue weighted by Gasteiger charge is -2.12. The van der Waals surface area contributed by atoms with Crippen LogP contribution in [-0.2, 0) is 4.79 Å². The fourth-order valence-corrected chi connectivity index (χ4v) is 2.57. The predicted molar refractivity (Wildman–Crippen MR) is 61.6 cm³/mol. The van der Waals surface area contributed by atoms with Crippen LogP contribution in [0.5, 0.6) is 0 Å². The summed E-state index contributed by atoms with van der Waals surface area (Å²) in [6, 6.07) is 0.490. The number of fused-ring (bicyclic) bond motifs is 1. The van der Waals surface area contributed by atoms with E-state index in [0.29, 0.717) is 4.83 Å². The lowest BCUT2D eigenvalue weighted by molar-refractivity contribution is -0.141. The molecular weight excluding hydrogens is 246 g/mol. The van der Waals surface area contributed by atoms with Gasteiger partial charge in [0.25, 0.3) is 0 Å². The normalized spacial score (nSPS) is 12.8. The Kier molecular flexibility index (Phi) is 2.84. The minimum atomic E-state index is -1.13. The van der Waals surface area contributed by atoms with Crippen LogP contribution in [0, 0.1) is 0 Å². The van der Waals surface area contributed by atoms with Gasteiger partial charge >= 0.3 is 17.4 Å². The molecular formula is C10H9NO5S. The molecule has 0 bridgehead atoms. The van der Waals surface area contributed by atoms with Gasteiger partial charge in [-0.3, -0.25) is 4.57 Å². The number of carboxylic acid groups (broad SMARTS) is 1. The molecule has 1 unspecified atom stereocenters. The van der Waals surface area contributed by atoms with E-state index in [-0.39, 0.29) is 11.8 Å². The van der Waals surface area contributed by atoms with E-state index in [1.165, 1.54) is 6.07 Å². The Bertz CT molecular complexity index is 680. The molecule has 2 rings (SSSR count). The van der Waals surface area contributed by atoms with Crippen LogP contribution in [0.4, 0.5) is 0 Å². The summed E-state index contributed by atoms with van der Waals surface area (Å²) in [5, 5.41) is 10.9. The maximum atomic E-state index is 11.6.